The van der Waals surface area contributed by atoms with E-state index in [0.29, 0.717) is 41.9 Å². The third kappa shape index (κ3) is 7.70. The van der Waals surface area contributed by atoms with E-state index in [1.807, 2.05) is 30.3 Å². The van der Waals surface area contributed by atoms with Crippen LogP contribution in [0.5, 0.6) is 17.2 Å². The van der Waals surface area contributed by atoms with Crippen molar-refractivity contribution < 1.29 is 28.6 Å². The van der Waals surface area contributed by atoms with Crippen molar-refractivity contribution in [3.63, 3.8) is 0 Å². The van der Waals surface area contributed by atoms with Crippen molar-refractivity contribution in [2.24, 2.45) is 0 Å². The normalized spacial score (nSPS) is 14.1. The number of hydrogen-bond acceptors (Lipinski definition) is 8. The summed E-state index contributed by atoms with van der Waals surface area (Å²) in [7, 11) is 4.78. The number of ether oxygens (including phenoxy) is 4. The van der Waals surface area contributed by atoms with Gasteiger partial charge in [0.15, 0.2) is 17.3 Å². The predicted octanol–water partition coefficient (Wildman–Crippen LogP) is 6.69. The van der Waals surface area contributed by atoms with Crippen molar-refractivity contribution in [3.05, 3.63) is 113 Å². The summed E-state index contributed by atoms with van der Waals surface area (Å²) < 4.78 is 27.8. The molecule has 5 rings (SSSR count). The Morgan fingerprint density at radius 3 is 2.23 bits per heavy atom. The molecular formula is C36H40N2O6. The van der Waals surface area contributed by atoms with Gasteiger partial charge in [0, 0.05) is 49.2 Å². The molecule has 1 atom stereocenters. The summed E-state index contributed by atoms with van der Waals surface area (Å²) in [5, 5.41) is 15.3. The van der Waals surface area contributed by atoms with Gasteiger partial charge in [-0.15, -0.1) is 0 Å². The maximum absolute atomic E-state index is 11.3. The lowest BCUT2D eigenvalue weighted by Gasteiger charge is -2.35. The number of piperidine rings is 1. The van der Waals surface area contributed by atoms with E-state index in [1.165, 1.54) is 22.4 Å². The summed E-state index contributed by atoms with van der Waals surface area (Å²) in [6, 6.07) is 26.4. The monoisotopic (exact) mass is 596 g/mol. The molecule has 1 saturated heterocycles. The fourth-order valence-corrected chi connectivity index (χ4v) is 5.50. The van der Waals surface area contributed by atoms with E-state index < -0.39 is 6.10 Å². The maximum atomic E-state index is 11.3. The molecule has 1 unspecified atom stereocenters. The number of hydrogen-bond donors (Lipinski definition) is 1. The van der Waals surface area contributed by atoms with Crippen LogP contribution in [0.3, 0.4) is 0 Å². The standard InChI is InChI=1S/C36H40N2O6/c1-40-24-29-21-31(44-37-29)18-17-28-20-34(41-2)35(42-3)22-33(28)43-25-30(39)23-38-19-11-10-16-32(38)36(26-12-6-4-7-13-26)27-14-8-5-9-15-27/h4-9,12-15,17-18,20-22,30,39H,10-11,16,19,23-25H2,1-3H3/b18-17+. The van der Waals surface area contributed by atoms with Crippen LogP contribution in [0.1, 0.15) is 47.4 Å². The van der Waals surface area contributed by atoms with Gasteiger partial charge < -0.3 is 33.5 Å². The lowest BCUT2D eigenvalue weighted by molar-refractivity contribution is 0.0737. The molecule has 3 aromatic carbocycles. The van der Waals surface area contributed by atoms with Crippen molar-refractivity contribution in [2.75, 3.05) is 41.0 Å². The molecule has 0 radical (unpaired) electrons. The minimum Gasteiger partial charge on any atom is -0.493 e. The highest BCUT2D eigenvalue weighted by atomic mass is 16.5. The van der Waals surface area contributed by atoms with E-state index in [0.717, 1.165) is 31.4 Å². The molecule has 44 heavy (non-hydrogen) atoms. The Bertz CT molecular complexity index is 1510. The van der Waals surface area contributed by atoms with E-state index in [-0.39, 0.29) is 6.61 Å². The van der Waals surface area contributed by atoms with Gasteiger partial charge in [-0.2, -0.15) is 0 Å². The fraction of sp³-hybridized carbons (Fsp3) is 0.306. The van der Waals surface area contributed by atoms with E-state index in [1.54, 1.807) is 33.5 Å². The molecule has 2 heterocycles. The summed E-state index contributed by atoms with van der Waals surface area (Å²) in [4.78, 5) is 2.32. The summed E-state index contributed by atoms with van der Waals surface area (Å²) in [5.74, 6) is 2.23. The van der Waals surface area contributed by atoms with Gasteiger partial charge in [0.1, 0.15) is 24.2 Å². The quantitative estimate of drug-likeness (QED) is 0.183. The van der Waals surface area contributed by atoms with Crippen LogP contribution in [0, 0.1) is 0 Å². The molecular weight excluding hydrogens is 556 g/mol. The van der Waals surface area contributed by atoms with Gasteiger partial charge in [-0.3, -0.25) is 0 Å². The molecule has 1 aliphatic heterocycles. The molecule has 1 fully saturated rings. The number of allylic oxidation sites excluding steroid dienone is 1. The molecule has 0 amide bonds. The second-order valence-electron chi connectivity index (χ2n) is 10.7. The lowest BCUT2D eigenvalue weighted by atomic mass is 9.91. The minimum atomic E-state index is -0.730. The van der Waals surface area contributed by atoms with Gasteiger partial charge in [-0.25, -0.2) is 0 Å². The van der Waals surface area contributed by atoms with Crippen molar-refractivity contribution in [3.8, 4) is 17.2 Å². The van der Waals surface area contributed by atoms with Crippen LogP contribution < -0.4 is 14.2 Å². The van der Waals surface area contributed by atoms with Gasteiger partial charge in [-0.05, 0) is 48.6 Å². The van der Waals surface area contributed by atoms with Crippen molar-refractivity contribution in [1.82, 2.24) is 10.1 Å². The highest BCUT2D eigenvalue weighted by Crippen LogP contribution is 2.37. The molecule has 230 valence electrons. The van der Waals surface area contributed by atoms with Crippen LogP contribution in [0.15, 0.2) is 89.1 Å². The summed E-state index contributed by atoms with van der Waals surface area (Å²) in [6.45, 7) is 1.80. The largest absolute Gasteiger partial charge is 0.493 e. The number of nitrogens with zero attached hydrogens (tertiary/aromatic N) is 2. The maximum Gasteiger partial charge on any atom is 0.164 e. The Hall–Kier alpha value is -4.53. The number of rotatable bonds is 13. The molecule has 8 heteroatoms. The van der Waals surface area contributed by atoms with Crippen molar-refractivity contribution in [2.45, 2.75) is 32.0 Å². The van der Waals surface area contributed by atoms with E-state index >= 15 is 0 Å². The highest BCUT2D eigenvalue weighted by Gasteiger charge is 2.24. The second-order valence-corrected chi connectivity index (χ2v) is 10.7. The zero-order valence-corrected chi connectivity index (χ0v) is 25.6. The Kier molecular flexibility index (Phi) is 10.7. The molecule has 1 aliphatic rings. The number of benzene rings is 3. The molecule has 0 bridgehead atoms. The average molecular weight is 597 g/mol. The minimum absolute atomic E-state index is 0.104. The summed E-state index contributed by atoms with van der Waals surface area (Å²) >= 11 is 0. The number of methoxy groups -OCH3 is 3. The number of aliphatic hydroxyl groups excluding tert-OH is 1. The molecule has 0 aliphatic carbocycles. The molecule has 1 N–H and O–H groups in total. The van der Waals surface area contributed by atoms with Gasteiger partial charge >= 0.3 is 0 Å². The molecule has 1 aromatic heterocycles. The van der Waals surface area contributed by atoms with Gasteiger partial charge in [0.25, 0.3) is 0 Å². The first-order chi connectivity index (χ1) is 21.6. The molecule has 0 saturated carbocycles. The van der Waals surface area contributed by atoms with Gasteiger partial charge in [0.05, 0.1) is 20.8 Å². The predicted molar refractivity (Wildman–Crippen MR) is 172 cm³/mol. The zero-order chi connectivity index (χ0) is 30.7. The number of β-amino-alcohol motifs (C(OH)–C–C–N with tert-alkyl or cyclic N) is 1. The summed E-state index contributed by atoms with van der Waals surface area (Å²) in [5.41, 5.74) is 6.26. The second kappa shape index (κ2) is 15.3. The van der Waals surface area contributed by atoms with Crippen LogP contribution in [-0.4, -0.2) is 62.3 Å². The van der Waals surface area contributed by atoms with Gasteiger partial charge in [0.2, 0.25) is 0 Å². The van der Waals surface area contributed by atoms with Crippen molar-refractivity contribution >= 4 is 17.7 Å². The third-order valence-electron chi connectivity index (χ3n) is 7.56. The van der Waals surface area contributed by atoms with Crippen LogP contribution in [-0.2, 0) is 11.3 Å². The lowest BCUT2D eigenvalue weighted by Crippen LogP contribution is -2.38. The molecule has 4 aromatic rings. The Morgan fingerprint density at radius 1 is 0.886 bits per heavy atom. The summed E-state index contributed by atoms with van der Waals surface area (Å²) in [6.07, 6.45) is 6.07. The topological polar surface area (TPSA) is 86.4 Å². The highest BCUT2D eigenvalue weighted by molar-refractivity contribution is 5.82. The van der Waals surface area contributed by atoms with E-state index in [9.17, 15) is 5.11 Å². The molecule has 0 spiro atoms. The Morgan fingerprint density at radius 2 is 1.57 bits per heavy atom. The Balaban J connectivity index is 1.37. The third-order valence-corrected chi connectivity index (χ3v) is 7.56. The number of aliphatic hydroxyl groups is 1. The van der Waals surface area contributed by atoms with Crippen LogP contribution in [0.25, 0.3) is 17.7 Å². The SMILES string of the molecule is COCc1cc(/C=C/c2cc(OC)c(OC)cc2OCC(O)CN2CCCCC2=C(c2ccccc2)c2ccccc2)on1. The average Bonchev–Trinajstić information content (AvgIpc) is 3.52. The Labute approximate surface area is 259 Å². The van der Waals surface area contributed by atoms with Crippen molar-refractivity contribution in [1.29, 1.82) is 0 Å². The van der Waals surface area contributed by atoms with E-state index in [2.05, 4.69) is 58.6 Å². The molecule has 8 nitrogen and oxygen atoms in total. The number of aromatic nitrogens is 1. The number of likely N-dealkylation sites (tertiary alicyclic amines) is 1. The van der Waals surface area contributed by atoms with E-state index in [4.69, 9.17) is 23.5 Å². The van der Waals surface area contributed by atoms with Crippen LogP contribution >= 0.6 is 0 Å². The van der Waals surface area contributed by atoms with Gasteiger partial charge in [-0.1, -0.05) is 65.8 Å². The first-order valence-corrected chi connectivity index (χ1v) is 14.9. The smallest absolute Gasteiger partial charge is 0.164 e. The fourth-order valence-electron chi connectivity index (χ4n) is 5.50. The zero-order valence-electron chi connectivity index (χ0n) is 25.6. The first kappa shape index (κ1) is 30.9. The first-order valence-electron chi connectivity index (χ1n) is 14.9. The van der Waals surface area contributed by atoms with Crippen LogP contribution in [0.4, 0.5) is 0 Å². The van der Waals surface area contributed by atoms with Crippen LogP contribution in [0.2, 0.25) is 0 Å².